The second-order valence-corrected chi connectivity index (χ2v) is 5.58. The SMILES string of the molecule is CCC(C)(O)CNC(=O)c1cc(OC)cc(Br)c1OC. The van der Waals surface area contributed by atoms with Gasteiger partial charge in [0.05, 0.1) is 29.9 Å². The lowest BCUT2D eigenvalue weighted by atomic mass is 10.0. The molecule has 1 aromatic carbocycles. The first-order chi connectivity index (χ1) is 9.34. The minimum atomic E-state index is -0.932. The fraction of sp³-hybridized carbons (Fsp3) is 0.500. The van der Waals surface area contributed by atoms with E-state index in [2.05, 4.69) is 21.2 Å². The predicted octanol–water partition coefficient (Wildman–Crippen LogP) is 2.36. The summed E-state index contributed by atoms with van der Waals surface area (Å²) in [6, 6.07) is 3.32. The second kappa shape index (κ2) is 6.95. The van der Waals surface area contributed by atoms with E-state index in [1.54, 1.807) is 19.1 Å². The highest BCUT2D eigenvalue weighted by atomic mass is 79.9. The average Bonchev–Trinajstić information content (AvgIpc) is 2.43. The molecule has 0 saturated carbocycles. The Morgan fingerprint density at radius 1 is 1.40 bits per heavy atom. The van der Waals surface area contributed by atoms with Gasteiger partial charge < -0.3 is 19.9 Å². The van der Waals surface area contributed by atoms with Crippen molar-refractivity contribution in [3.63, 3.8) is 0 Å². The number of carbonyl (C=O) groups excluding carboxylic acids is 1. The number of amides is 1. The molecule has 0 heterocycles. The zero-order valence-corrected chi connectivity index (χ0v) is 13.7. The number of rotatable bonds is 6. The van der Waals surface area contributed by atoms with Gasteiger partial charge in [0, 0.05) is 6.54 Å². The Balaban J connectivity index is 2.99. The molecule has 20 heavy (non-hydrogen) atoms. The first kappa shape index (κ1) is 16.8. The molecule has 112 valence electrons. The van der Waals surface area contributed by atoms with E-state index in [0.717, 1.165) is 0 Å². The highest BCUT2D eigenvalue weighted by Crippen LogP contribution is 2.33. The molecular formula is C14H20BrNO4. The van der Waals surface area contributed by atoms with E-state index in [4.69, 9.17) is 9.47 Å². The fourth-order valence-corrected chi connectivity index (χ4v) is 2.15. The van der Waals surface area contributed by atoms with Crippen LogP contribution in [0.15, 0.2) is 16.6 Å². The third-order valence-corrected chi connectivity index (χ3v) is 3.68. The van der Waals surface area contributed by atoms with Crippen molar-refractivity contribution in [3.8, 4) is 11.5 Å². The van der Waals surface area contributed by atoms with Gasteiger partial charge in [-0.25, -0.2) is 0 Å². The Kier molecular flexibility index (Phi) is 5.83. The molecule has 0 bridgehead atoms. The lowest BCUT2D eigenvalue weighted by Crippen LogP contribution is -2.40. The summed E-state index contributed by atoms with van der Waals surface area (Å²) in [6.45, 7) is 3.70. The van der Waals surface area contributed by atoms with Gasteiger partial charge in [-0.3, -0.25) is 4.79 Å². The first-order valence-corrected chi connectivity index (χ1v) is 7.06. The van der Waals surface area contributed by atoms with Crippen LogP contribution < -0.4 is 14.8 Å². The summed E-state index contributed by atoms with van der Waals surface area (Å²) < 4.78 is 11.0. The minimum absolute atomic E-state index is 0.167. The summed E-state index contributed by atoms with van der Waals surface area (Å²) >= 11 is 3.34. The first-order valence-electron chi connectivity index (χ1n) is 6.26. The molecule has 5 nitrogen and oxygen atoms in total. The number of benzene rings is 1. The Morgan fingerprint density at radius 2 is 2.05 bits per heavy atom. The number of hydrogen-bond acceptors (Lipinski definition) is 4. The van der Waals surface area contributed by atoms with E-state index in [-0.39, 0.29) is 12.5 Å². The van der Waals surface area contributed by atoms with Gasteiger partial charge in [-0.1, -0.05) is 6.92 Å². The number of ether oxygens (including phenoxy) is 2. The van der Waals surface area contributed by atoms with Crippen molar-refractivity contribution >= 4 is 21.8 Å². The Morgan fingerprint density at radius 3 is 2.55 bits per heavy atom. The summed E-state index contributed by atoms with van der Waals surface area (Å²) in [5.74, 6) is 0.652. The fourth-order valence-electron chi connectivity index (χ4n) is 1.55. The molecule has 1 atom stereocenters. The molecule has 0 aliphatic carbocycles. The van der Waals surface area contributed by atoms with Gasteiger partial charge in [-0.2, -0.15) is 0 Å². The standard InChI is InChI=1S/C14H20BrNO4/c1-5-14(2,18)8-16-13(17)10-6-9(19-3)7-11(15)12(10)20-4/h6-7,18H,5,8H2,1-4H3,(H,16,17). The largest absolute Gasteiger partial charge is 0.497 e. The van der Waals surface area contributed by atoms with Crippen molar-refractivity contribution in [2.24, 2.45) is 0 Å². The van der Waals surface area contributed by atoms with E-state index >= 15 is 0 Å². The zero-order chi connectivity index (χ0) is 15.3. The van der Waals surface area contributed by atoms with E-state index < -0.39 is 5.60 Å². The van der Waals surface area contributed by atoms with Crippen LogP contribution in [-0.2, 0) is 0 Å². The van der Waals surface area contributed by atoms with Crippen LogP contribution in [0, 0.1) is 0 Å². The molecule has 0 aliphatic rings. The van der Waals surface area contributed by atoms with Gasteiger partial charge in [0.2, 0.25) is 0 Å². The second-order valence-electron chi connectivity index (χ2n) is 4.72. The van der Waals surface area contributed by atoms with Crippen LogP contribution in [0.4, 0.5) is 0 Å². The number of halogens is 1. The van der Waals surface area contributed by atoms with E-state index in [0.29, 0.717) is 28.0 Å². The molecular weight excluding hydrogens is 326 g/mol. The van der Waals surface area contributed by atoms with E-state index in [1.165, 1.54) is 14.2 Å². The lowest BCUT2D eigenvalue weighted by Gasteiger charge is -2.22. The number of methoxy groups -OCH3 is 2. The van der Waals surface area contributed by atoms with Crippen molar-refractivity contribution in [1.29, 1.82) is 0 Å². The monoisotopic (exact) mass is 345 g/mol. The molecule has 0 aliphatic heterocycles. The van der Waals surface area contributed by atoms with E-state index in [9.17, 15) is 9.90 Å². The highest BCUT2D eigenvalue weighted by molar-refractivity contribution is 9.10. The molecule has 0 radical (unpaired) electrons. The van der Waals surface area contributed by atoms with Crippen molar-refractivity contribution in [1.82, 2.24) is 5.32 Å². The van der Waals surface area contributed by atoms with Gasteiger partial charge in [-0.15, -0.1) is 0 Å². The zero-order valence-electron chi connectivity index (χ0n) is 12.1. The lowest BCUT2D eigenvalue weighted by molar-refractivity contribution is 0.0517. The molecule has 1 unspecified atom stereocenters. The molecule has 0 fully saturated rings. The maximum Gasteiger partial charge on any atom is 0.255 e. The van der Waals surface area contributed by atoms with Crippen LogP contribution in [0.25, 0.3) is 0 Å². The van der Waals surface area contributed by atoms with Gasteiger partial charge >= 0.3 is 0 Å². The molecule has 1 rings (SSSR count). The van der Waals surface area contributed by atoms with Gasteiger partial charge in [0.1, 0.15) is 11.5 Å². The number of carbonyl (C=O) groups is 1. The summed E-state index contributed by atoms with van der Waals surface area (Å²) in [5, 5.41) is 12.6. The Labute approximate surface area is 127 Å². The van der Waals surface area contributed by atoms with Gasteiger partial charge in [-0.05, 0) is 41.4 Å². The normalized spacial score (nSPS) is 13.5. The molecule has 6 heteroatoms. The summed E-state index contributed by atoms with van der Waals surface area (Å²) in [7, 11) is 3.02. The molecule has 1 amide bonds. The molecule has 0 saturated heterocycles. The third kappa shape index (κ3) is 4.11. The number of hydrogen-bond donors (Lipinski definition) is 2. The molecule has 0 aromatic heterocycles. The van der Waals surface area contributed by atoms with E-state index in [1.807, 2.05) is 6.92 Å². The van der Waals surface area contributed by atoms with Crippen LogP contribution in [0.1, 0.15) is 30.6 Å². The molecule has 1 aromatic rings. The van der Waals surface area contributed by atoms with Crippen LogP contribution >= 0.6 is 15.9 Å². The van der Waals surface area contributed by atoms with Crippen LogP contribution in [0.3, 0.4) is 0 Å². The van der Waals surface area contributed by atoms with Crippen molar-refractivity contribution in [2.45, 2.75) is 25.9 Å². The minimum Gasteiger partial charge on any atom is -0.497 e. The topological polar surface area (TPSA) is 67.8 Å². The van der Waals surface area contributed by atoms with Crippen LogP contribution in [-0.4, -0.2) is 37.4 Å². The smallest absolute Gasteiger partial charge is 0.255 e. The van der Waals surface area contributed by atoms with Crippen molar-refractivity contribution < 1.29 is 19.4 Å². The van der Waals surface area contributed by atoms with Gasteiger partial charge in [0.15, 0.2) is 0 Å². The van der Waals surface area contributed by atoms with Gasteiger partial charge in [0.25, 0.3) is 5.91 Å². The maximum absolute atomic E-state index is 12.2. The third-order valence-electron chi connectivity index (χ3n) is 3.09. The van der Waals surface area contributed by atoms with Crippen molar-refractivity contribution in [2.75, 3.05) is 20.8 Å². The molecule has 0 spiro atoms. The molecule has 2 N–H and O–H groups in total. The Bertz CT molecular complexity index is 488. The summed E-state index contributed by atoms with van der Waals surface area (Å²) in [6.07, 6.45) is 0.548. The quantitative estimate of drug-likeness (QED) is 0.830. The van der Waals surface area contributed by atoms with Crippen LogP contribution in [0.2, 0.25) is 0 Å². The van der Waals surface area contributed by atoms with Crippen LogP contribution in [0.5, 0.6) is 11.5 Å². The van der Waals surface area contributed by atoms with Crippen molar-refractivity contribution in [3.05, 3.63) is 22.2 Å². The maximum atomic E-state index is 12.2. The summed E-state index contributed by atoms with van der Waals surface area (Å²) in [5.41, 5.74) is -0.579. The number of aliphatic hydroxyl groups is 1. The average molecular weight is 346 g/mol. The Hall–Kier alpha value is -1.27. The highest BCUT2D eigenvalue weighted by Gasteiger charge is 2.22. The number of nitrogens with one attached hydrogen (secondary N) is 1. The predicted molar refractivity (Wildman–Crippen MR) is 80.5 cm³/mol. The summed E-state index contributed by atoms with van der Waals surface area (Å²) in [4.78, 5) is 12.2.